The molecule has 1 aliphatic carbocycles. The maximum absolute atomic E-state index is 13.0. The molecular weight excluding hydrogens is 398 g/mol. The van der Waals surface area contributed by atoms with E-state index in [1.54, 1.807) is 48.5 Å². The molecule has 152 valence electrons. The van der Waals surface area contributed by atoms with E-state index in [9.17, 15) is 14.4 Å². The number of nitrogens with one attached hydrogen (secondary N) is 1. The molecule has 0 radical (unpaired) electrons. The number of carbonyl (C=O) groups is 3. The molecule has 0 fully saturated rings. The predicted octanol–water partition coefficient (Wildman–Crippen LogP) is 4.98. The zero-order valence-corrected chi connectivity index (χ0v) is 17.3. The fraction of sp³-hybridized carbons (Fsp3) is 0.208. The van der Waals surface area contributed by atoms with Crippen LogP contribution in [0.3, 0.4) is 0 Å². The Morgan fingerprint density at radius 1 is 1.00 bits per heavy atom. The third-order valence-corrected chi connectivity index (χ3v) is 6.27. The summed E-state index contributed by atoms with van der Waals surface area (Å²) in [6, 6.07) is 17.5. The Bertz CT molecular complexity index is 1080. The average Bonchev–Trinajstić information content (AvgIpc) is 3.35. The Kier molecular flexibility index (Phi) is 5.77. The van der Waals surface area contributed by atoms with Crippen LogP contribution in [0.5, 0.6) is 0 Å². The van der Waals surface area contributed by atoms with Crippen LogP contribution in [0.4, 0.5) is 5.69 Å². The molecule has 1 heterocycles. The predicted molar refractivity (Wildman–Crippen MR) is 116 cm³/mol. The summed E-state index contributed by atoms with van der Waals surface area (Å²) in [5.41, 5.74) is 2.75. The van der Waals surface area contributed by atoms with Crippen molar-refractivity contribution in [3.8, 4) is 0 Å². The van der Waals surface area contributed by atoms with Gasteiger partial charge in [0.25, 0.3) is 5.91 Å². The molecule has 4 rings (SSSR count). The van der Waals surface area contributed by atoms with E-state index in [0.717, 1.165) is 19.3 Å². The van der Waals surface area contributed by atoms with Gasteiger partial charge >= 0.3 is 5.97 Å². The fourth-order valence-corrected chi connectivity index (χ4v) is 4.66. The standard InChI is InChI=1S/C24H21NO4S/c1-15(26)17-9-5-11-19(13-17)25-23(27)22(16-7-3-2-4-8-16)29-24(28)21-14-18-10-6-12-20(18)30-21/h2-5,7-9,11,13-14,22H,6,10,12H2,1H3,(H,25,27)/t22-/m1/s1. The molecule has 1 aliphatic rings. The number of Topliss-reactive ketones (excluding diaryl/α,β-unsaturated/α-hetero) is 1. The molecule has 3 aromatic rings. The van der Waals surface area contributed by atoms with Gasteiger partial charge in [0, 0.05) is 21.7 Å². The van der Waals surface area contributed by atoms with Crippen LogP contribution in [0.2, 0.25) is 0 Å². The molecule has 0 aliphatic heterocycles. The van der Waals surface area contributed by atoms with Crippen LogP contribution in [-0.2, 0) is 22.4 Å². The van der Waals surface area contributed by atoms with Gasteiger partial charge in [-0.1, -0.05) is 42.5 Å². The summed E-state index contributed by atoms with van der Waals surface area (Å²) in [5, 5.41) is 2.77. The fourth-order valence-electron chi connectivity index (χ4n) is 3.52. The summed E-state index contributed by atoms with van der Waals surface area (Å²) in [5.74, 6) is -1.07. The van der Waals surface area contributed by atoms with E-state index in [0.29, 0.717) is 21.7 Å². The van der Waals surface area contributed by atoms with E-state index >= 15 is 0 Å². The molecule has 5 nitrogen and oxygen atoms in total. The first-order chi connectivity index (χ1) is 14.5. The van der Waals surface area contributed by atoms with Crippen LogP contribution in [-0.4, -0.2) is 17.7 Å². The number of aryl methyl sites for hydroxylation is 2. The highest BCUT2D eigenvalue weighted by molar-refractivity contribution is 7.14. The van der Waals surface area contributed by atoms with Crippen molar-refractivity contribution in [2.45, 2.75) is 32.3 Å². The van der Waals surface area contributed by atoms with E-state index in [1.165, 1.54) is 28.7 Å². The van der Waals surface area contributed by atoms with Crippen molar-refractivity contribution in [2.75, 3.05) is 5.32 Å². The molecule has 1 amide bonds. The number of ketones is 1. The number of carbonyl (C=O) groups excluding carboxylic acids is 3. The van der Waals surface area contributed by atoms with Crippen LogP contribution >= 0.6 is 11.3 Å². The molecule has 1 aromatic heterocycles. The largest absolute Gasteiger partial charge is 0.443 e. The quantitative estimate of drug-likeness (QED) is 0.452. The average molecular weight is 420 g/mol. The van der Waals surface area contributed by atoms with Crippen molar-refractivity contribution in [1.82, 2.24) is 0 Å². The van der Waals surface area contributed by atoms with Gasteiger partial charge in [-0.2, -0.15) is 0 Å². The van der Waals surface area contributed by atoms with Crippen molar-refractivity contribution >= 4 is 34.7 Å². The van der Waals surface area contributed by atoms with Crippen LogP contribution in [0.1, 0.15) is 55.5 Å². The highest BCUT2D eigenvalue weighted by Gasteiger charge is 2.28. The zero-order valence-electron chi connectivity index (χ0n) is 16.5. The van der Waals surface area contributed by atoms with Crippen LogP contribution in [0, 0.1) is 0 Å². The summed E-state index contributed by atoms with van der Waals surface area (Å²) in [7, 11) is 0. The van der Waals surface area contributed by atoms with E-state index in [1.807, 2.05) is 12.1 Å². The minimum Gasteiger partial charge on any atom is -0.443 e. The third-order valence-electron chi connectivity index (χ3n) is 5.05. The second kappa shape index (κ2) is 8.63. The minimum atomic E-state index is -1.10. The topological polar surface area (TPSA) is 72.5 Å². The van der Waals surface area contributed by atoms with Crippen molar-refractivity contribution < 1.29 is 19.1 Å². The molecule has 30 heavy (non-hydrogen) atoms. The van der Waals surface area contributed by atoms with Gasteiger partial charge in [-0.3, -0.25) is 9.59 Å². The summed E-state index contributed by atoms with van der Waals surface area (Å²) >= 11 is 1.44. The SMILES string of the molecule is CC(=O)c1cccc(NC(=O)[C@H](OC(=O)c2cc3c(s2)CCC3)c2ccccc2)c1. The van der Waals surface area contributed by atoms with Gasteiger partial charge in [-0.15, -0.1) is 11.3 Å². The van der Waals surface area contributed by atoms with Crippen molar-refractivity contribution in [3.63, 3.8) is 0 Å². The lowest BCUT2D eigenvalue weighted by molar-refractivity contribution is -0.125. The lowest BCUT2D eigenvalue weighted by Crippen LogP contribution is -2.25. The molecule has 0 saturated heterocycles. The minimum absolute atomic E-state index is 0.0946. The molecule has 6 heteroatoms. The van der Waals surface area contributed by atoms with Gasteiger partial charge in [0.15, 0.2) is 5.78 Å². The highest BCUT2D eigenvalue weighted by Crippen LogP contribution is 2.32. The molecular formula is C24H21NO4S. The van der Waals surface area contributed by atoms with Gasteiger partial charge in [-0.05, 0) is 49.9 Å². The summed E-state index contributed by atoms with van der Waals surface area (Å²) in [6.07, 6.45) is 1.98. The first-order valence-electron chi connectivity index (χ1n) is 9.80. The van der Waals surface area contributed by atoms with E-state index in [4.69, 9.17) is 4.74 Å². The van der Waals surface area contributed by atoms with E-state index in [-0.39, 0.29) is 5.78 Å². The molecule has 1 atom stereocenters. The van der Waals surface area contributed by atoms with Crippen LogP contribution < -0.4 is 5.32 Å². The number of benzene rings is 2. The number of amides is 1. The third kappa shape index (κ3) is 4.33. The number of ether oxygens (including phenoxy) is 1. The number of anilines is 1. The smallest absolute Gasteiger partial charge is 0.349 e. The summed E-state index contributed by atoms with van der Waals surface area (Å²) < 4.78 is 5.66. The van der Waals surface area contributed by atoms with Gasteiger partial charge in [0.05, 0.1) is 0 Å². The normalized spacial score (nSPS) is 13.4. The lowest BCUT2D eigenvalue weighted by atomic mass is 10.1. The number of fused-ring (bicyclic) bond motifs is 1. The number of rotatable bonds is 6. The molecule has 0 unspecified atom stereocenters. The number of esters is 1. The second-order valence-corrected chi connectivity index (χ2v) is 8.37. The summed E-state index contributed by atoms with van der Waals surface area (Å²) in [6.45, 7) is 1.47. The number of hydrogen-bond acceptors (Lipinski definition) is 5. The molecule has 2 aromatic carbocycles. The van der Waals surface area contributed by atoms with Gasteiger partial charge in [0.2, 0.25) is 6.10 Å². The monoisotopic (exact) mass is 419 g/mol. The molecule has 1 N–H and O–H groups in total. The molecule has 0 bridgehead atoms. The first-order valence-corrected chi connectivity index (χ1v) is 10.6. The summed E-state index contributed by atoms with van der Waals surface area (Å²) in [4.78, 5) is 39.2. The maximum Gasteiger partial charge on any atom is 0.349 e. The Morgan fingerprint density at radius 3 is 2.53 bits per heavy atom. The Balaban J connectivity index is 1.56. The molecule has 0 spiro atoms. The van der Waals surface area contributed by atoms with Crippen LogP contribution in [0.25, 0.3) is 0 Å². The lowest BCUT2D eigenvalue weighted by Gasteiger charge is -2.18. The van der Waals surface area contributed by atoms with Crippen molar-refractivity contribution in [2.24, 2.45) is 0 Å². The number of thiophene rings is 1. The zero-order chi connectivity index (χ0) is 21.1. The van der Waals surface area contributed by atoms with Gasteiger partial charge in [0.1, 0.15) is 4.88 Å². The van der Waals surface area contributed by atoms with E-state index in [2.05, 4.69) is 5.32 Å². The highest BCUT2D eigenvalue weighted by atomic mass is 32.1. The first kappa shape index (κ1) is 20.0. The molecule has 0 saturated carbocycles. The van der Waals surface area contributed by atoms with Crippen LogP contribution in [0.15, 0.2) is 60.7 Å². The Hall–Kier alpha value is -3.25. The van der Waals surface area contributed by atoms with Gasteiger partial charge in [-0.25, -0.2) is 4.79 Å². The second-order valence-electron chi connectivity index (χ2n) is 7.23. The van der Waals surface area contributed by atoms with Gasteiger partial charge < -0.3 is 10.1 Å². The maximum atomic E-state index is 13.0. The van der Waals surface area contributed by atoms with Crippen molar-refractivity contribution in [1.29, 1.82) is 0 Å². The van der Waals surface area contributed by atoms with E-state index < -0.39 is 18.0 Å². The Labute approximate surface area is 178 Å². The Morgan fingerprint density at radius 2 is 1.80 bits per heavy atom. The number of hydrogen-bond donors (Lipinski definition) is 1. The van der Waals surface area contributed by atoms with Crippen molar-refractivity contribution in [3.05, 3.63) is 87.1 Å².